The second kappa shape index (κ2) is 6.19. The lowest BCUT2D eigenvalue weighted by Gasteiger charge is -2.06. The van der Waals surface area contributed by atoms with Gasteiger partial charge in [-0.05, 0) is 30.3 Å². The maximum Gasteiger partial charge on any atom is 0.215 e. The smallest absolute Gasteiger partial charge is 0.215 e. The van der Waals surface area contributed by atoms with Gasteiger partial charge < -0.3 is 5.11 Å². The molecular formula is C18H11Cl2N3OS. The predicted molar refractivity (Wildman–Crippen MR) is 104 cm³/mol. The van der Waals surface area contributed by atoms with E-state index in [2.05, 4.69) is 4.99 Å². The summed E-state index contributed by atoms with van der Waals surface area (Å²) in [5.74, 6) is -0.0151. The lowest BCUT2D eigenvalue weighted by molar-refractivity contribution is 0.438. The van der Waals surface area contributed by atoms with E-state index in [0.717, 1.165) is 16.8 Å². The van der Waals surface area contributed by atoms with Gasteiger partial charge in [-0.15, -0.1) is 0 Å². The molecule has 0 fully saturated rings. The van der Waals surface area contributed by atoms with Crippen LogP contribution in [0.2, 0.25) is 10.0 Å². The average molecular weight is 388 g/mol. The molecule has 0 amide bonds. The maximum atomic E-state index is 10.6. The quantitative estimate of drug-likeness (QED) is 0.616. The molecule has 2 aromatic carbocycles. The number of thiazole rings is 1. The average Bonchev–Trinajstić information content (AvgIpc) is 3.12. The van der Waals surface area contributed by atoms with Crippen LogP contribution in [-0.4, -0.2) is 15.9 Å². The van der Waals surface area contributed by atoms with Gasteiger partial charge in [-0.1, -0.05) is 52.7 Å². The Morgan fingerprint density at radius 1 is 1.12 bits per heavy atom. The summed E-state index contributed by atoms with van der Waals surface area (Å²) in [7, 11) is 0. The van der Waals surface area contributed by atoms with E-state index in [0.29, 0.717) is 20.6 Å². The van der Waals surface area contributed by atoms with Crippen molar-refractivity contribution in [2.75, 3.05) is 0 Å². The van der Waals surface area contributed by atoms with Crippen molar-refractivity contribution in [3.8, 4) is 11.6 Å². The van der Waals surface area contributed by atoms with Gasteiger partial charge in [0.2, 0.25) is 5.88 Å². The highest BCUT2D eigenvalue weighted by Gasteiger charge is 2.16. The number of para-hydroxylation sites is 1. The van der Waals surface area contributed by atoms with Gasteiger partial charge in [0.15, 0.2) is 4.80 Å². The van der Waals surface area contributed by atoms with E-state index in [9.17, 15) is 5.11 Å². The number of aromatic nitrogens is 1. The van der Waals surface area contributed by atoms with Crippen LogP contribution in [0, 0.1) is 5.41 Å². The van der Waals surface area contributed by atoms with Gasteiger partial charge in [-0.2, -0.15) is 0 Å². The number of nitrogens with one attached hydrogen (secondary N) is 1. The normalized spacial score (nSPS) is 14.2. The molecule has 4 nitrogen and oxygen atoms in total. The van der Waals surface area contributed by atoms with Crippen molar-refractivity contribution in [1.29, 1.82) is 5.41 Å². The number of aromatic hydroxyl groups is 1. The standard InChI is InChI=1S/C18H11Cl2N3OS/c19-13-6-5-11(8-14(13)20)23-17(24)16(25-18(23)21)7-10-9-22-15-4-2-1-3-12(10)15/h1-9,21,24H/b10-7+,21-18?. The third-order valence-electron chi connectivity index (χ3n) is 3.85. The molecule has 7 heteroatoms. The second-order valence-electron chi connectivity index (χ2n) is 5.40. The first-order chi connectivity index (χ1) is 12.0. The first kappa shape index (κ1) is 16.1. The highest BCUT2D eigenvalue weighted by Crippen LogP contribution is 2.35. The Balaban J connectivity index is 1.82. The van der Waals surface area contributed by atoms with Gasteiger partial charge in [0.1, 0.15) is 0 Å². The third-order valence-corrected chi connectivity index (χ3v) is 5.48. The van der Waals surface area contributed by atoms with Gasteiger partial charge in [0.25, 0.3) is 0 Å². The lowest BCUT2D eigenvalue weighted by atomic mass is 10.1. The lowest BCUT2D eigenvalue weighted by Crippen LogP contribution is -2.09. The van der Waals surface area contributed by atoms with E-state index >= 15 is 0 Å². The number of rotatable bonds is 2. The molecule has 124 valence electrons. The Morgan fingerprint density at radius 3 is 2.72 bits per heavy atom. The fourth-order valence-electron chi connectivity index (χ4n) is 2.65. The summed E-state index contributed by atoms with van der Waals surface area (Å²) in [6.07, 6.45) is 3.60. The third kappa shape index (κ3) is 2.80. The summed E-state index contributed by atoms with van der Waals surface area (Å²) in [5.41, 5.74) is 3.38. The summed E-state index contributed by atoms with van der Waals surface area (Å²) in [5, 5.41) is 19.6. The van der Waals surface area contributed by atoms with Crippen LogP contribution in [-0.2, 0) is 0 Å². The SMILES string of the molecule is N=c1sc(/C=C2\C=Nc3ccccc32)c(O)n1-c1ccc(Cl)c(Cl)c1. The van der Waals surface area contributed by atoms with Crippen LogP contribution in [0.5, 0.6) is 5.88 Å². The molecule has 0 atom stereocenters. The number of hydrogen-bond acceptors (Lipinski definition) is 4. The van der Waals surface area contributed by atoms with Gasteiger partial charge in [-0.3, -0.25) is 15.0 Å². The van der Waals surface area contributed by atoms with E-state index in [1.165, 1.54) is 15.9 Å². The fourth-order valence-corrected chi connectivity index (χ4v) is 3.81. The van der Waals surface area contributed by atoms with Crippen LogP contribution in [0.1, 0.15) is 10.4 Å². The summed E-state index contributed by atoms with van der Waals surface area (Å²) < 4.78 is 1.43. The molecule has 2 heterocycles. The minimum absolute atomic E-state index is 0.0151. The molecule has 2 N–H and O–H groups in total. The molecule has 25 heavy (non-hydrogen) atoms. The Morgan fingerprint density at radius 2 is 1.92 bits per heavy atom. The van der Waals surface area contributed by atoms with Gasteiger partial charge in [0, 0.05) is 17.4 Å². The molecule has 3 aromatic rings. The first-order valence-electron chi connectivity index (χ1n) is 7.34. The Kier molecular flexibility index (Phi) is 4.00. The minimum Gasteiger partial charge on any atom is -0.493 e. The van der Waals surface area contributed by atoms with Gasteiger partial charge >= 0.3 is 0 Å². The molecule has 1 aromatic heterocycles. The summed E-state index contributed by atoms with van der Waals surface area (Å²) in [6.45, 7) is 0. The Bertz CT molecular complexity index is 1110. The Labute approximate surface area is 157 Å². The minimum atomic E-state index is -0.0151. The molecule has 0 saturated carbocycles. The number of aliphatic imine (C=N–C) groups is 1. The number of benzene rings is 2. The van der Waals surface area contributed by atoms with E-state index in [1.54, 1.807) is 24.4 Å². The Hall–Kier alpha value is -2.34. The number of nitrogens with zero attached hydrogens (tertiary/aromatic N) is 2. The van der Waals surface area contributed by atoms with Crippen molar-refractivity contribution in [3.05, 3.63) is 67.8 Å². The van der Waals surface area contributed by atoms with Crippen LogP contribution >= 0.6 is 34.5 Å². The van der Waals surface area contributed by atoms with Crippen molar-refractivity contribution in [2.24, 2.45) is 4.99 Å². The van der Waals surface area contributed by atoms with Crippen molar-refractivity contribution in [2.45, 2.75) is 0 Å². The molecule has 0 unspecified atom stereocenters. The zero-order valence-electron chi connectivity index (χ0n) is 12.7. The van der Waals surface area contributed by atoms with Crippen molar-refractivity contribution in [1.82, 2.24) is 4.57 Å². The summed E-state index contributed by atoms with van der Waals surface area (Å²) >= 11 is 13.2. The number of halogens is 2. The van der Waals surface area contributed by atoms with Crippen molar-refractivity contribution >= 4 is 58.1 Å². The first-order valence-corrected chi connectivity index (χ1v) is 8.92. The largest absolute Gasteiger partial charge is 0.493 e. The molecule has 1 aliphatic rings. The molecule has 0 spiro atoms. The topological polar surface area (TPSA) is 61.4 Å². The van der Waals surface area contributed by atoms with Gasteiger partial charge in [0.05, 0.1) is 26.3 Å². The van der Waals surface area contributed by atoms with Gasteiger partial charge in [-0.25, -0.2) is 0 Å². The number of hydrogen-bond donors (Lipinski definition) is 2. The van der Waals surface area contributed by atoms with E-state index in [1.807, 2.05) is 30.3 Å². The zero-order chi connectivity index (χ0) is 17.6. The number of fused-ring (bicyclic) bond motifs is 1. The van der Waals surface area contributed by atoms with Crippen LogP contribution in [0.4, 0.5) is 5.69 Å². The second-order valence-corrected chi connectivity index (χ2v) is 7.25. The van der Waals surface area contributed by atoms with Crippen molar-refractivity contribution in [3.63, 3.8) is 0 Å². The molecule has 0 radical (unpaired) electrons. The molecule has 1 aliphatic heterocycles. The molecule has 0 saturated heterocycles. The summed E-state index contributed by atoms with van der Waals surface area (Å²) in [4.78, 5) is 5.12. The van der Waals surface area contributed by atoms with Crippen LogP contribution < -0.4 is 4.80 Å². The highest BCUT2D eigenvalue weighted by atomic mass is 35.5. The molecule has 0 bridgehead atoms. The molecule has 0 aliphatic carbocycles. The summed E-state index contributed by atoms with van der Waals surface area (Å²) in [6, 6.07) is 12.8. The van der Waals surface area contributed by atoms with Crippen LogP contribution in [0.3, 0.4) is 0 Å². The maximum absolute atomic E-state index is 10.6. The van der Waals surface area contributed by atoms with E-state index in [4.69, 9.17) is 28.6 Å². The van der Waals surface area contributed by atoms with E-state index < -0.39 is 0 Å². The monoisotopic (exact) mass is 387 g/mol. The number of allylic oxidation sites excluding steroid dienone is 1. The zero-order valence-corrected chi connectivity index (χ0v) is 15.0. The van der Waals surface area contributed by atoms with Crippen LogP contribution in [0.15, 0.2) is 47.5 Å². The van der Waals surface area contributed by atoms with Crippen molar-refractivity contribution < 1.29 is 5.11 Å². The van der Waals surface area contributed by atoms with Crippen LogP contribution in [0.25, 0.3) is 17.3 Å². The molecular weight excluding hydrogens is 377 g/mol. The molecule has 4 rings (SSSR count). The highest BCUT2D eigenvalue weighted by molar-refractivity contribution is 7.10. The fraction of sp³-hybridized carbons (Fsp3) is 0. The predicted octanol–water partition coefficient (Wildman–Crippen LogP) is 5.29. The van der Waals surface area contributed by atoms with E-state index in [-0.39, 0.29) is 10.7 Å².